The van der Waals surface area contributed by atoms with Crippen molar-refractivity contribution in [2.24, 2.45) is 17.8 Å². The summed E-state index contributed by atoms with van der Waals surface area (Å²) in [6, 6.07) is 4.23. The number of piperidine rings is 1. The number of nitrogens with zero attached hydrogens (tertiary/aromatic N) is 1. The Labute approximate surface area is 189 Å². The molecule has 2 N–H and O–H groups in total. The van der Waals surface area contributed by atoms with Gasteiger partial charge in [-0.25, -0.2) is 8.42 Å². The van der Waals surface area contributed by atoms with Gasteiger partial charge in [0.05, 0.1) is 10.5 Å². The van der Waals surface area contributed by atoms with Gasteiger partial charge in [0.15, 0.2) is 0 Å². The third-order valence-corrected chi connectivity index (χ3v) is 10.6. The molecule has 0 aromatic heterocycles. The highest BCUT2D eigenvalue weighted by atomic mass is 35.5. The topological polar surface area (TPSA) is 86.7 Å². The molecule has 3 atom stereocenters. The number of nitrogens with one attached hydrogen (secondary N) is 1. The Balaban J connectivity index is 1.37. The number of carbonyl (C=O) groups is 1. The summed E-state index contributed by atoms with van der Waals surface area (Å²) in [5.41, 5.74) is -0.0367. The van der Waals surface area contributed by atoms with Crippen LogP contribution in [0, 0.1) is 24.7 Å². The minimum Gasteiger partial charge on any atom is -0.390 e. The SMILES string of the molecule is Cc1c(Cl)cccc1S(=O)(=O)N1CCCC[C@@H]1C(=O)NC1C2CC3CC1CC(O)(C3)C2. The first-order valence-corrected chi connectivity index (χ1v) is 13.3. The molecule has 1 saturated heterocycles. The van der Waals surface area contributed by atoms with Crippen molar-refractivity contribution in [2.45, 2.75) is 80.9 Å². The Bertz CT molecular complexity index is 981. The van der Waals surface area contributed by atoms with Crippen LogP contribution in [0.15, 0.2) is 23.1 Å². The molecule has 170 valence electrons. The molecule has 1 heterocycles. The molecule has 5 fully saturated rings. The molecule has 1 aromatic carbocycles. The summed E-state index contributed by atoms with van der Waals surface area (Å²) in [6.45, 7) is 2.04. The Morgan fingerprint density at radius 3 is 2.58 bits per heavy atom. The van der Waals surface area contributed by atoms with Gasteiger partial charge in [0, 0.05) is 17.6 Å². The Morgan fingerprint density at radius 1 is 1.19 bits per heavy atom. The molecule has 5 aliphatic rings. The van der Waals surface area contributed by atoms with Gasteiger partial charge < -0.3 is 10.4 Å². The Hall–Kier alpha value is -1.15. The van der Waals surface area contributed by atoms with Crippen LogP contribution in [0.4, 0.5) is 0 Å². The number of hydrogen-bond donors (Lipinski definition) is 2. The molecule has 31 heavy (non-hydrogen) atoms. The number of benzene rings is 1. The van der Waals surface area contributed by atoms with Crippen LogP contribution in [-0.4, -0.2) is 48.0 Å². The van der Waals surface area contributed by atoms with E-state index in [1.54, 1.807) is 25.1 Å². The van der Waals surface area contributed by atoms with Gasteiger partial charge in [0.1, 0.15) is 6.04 Å². The first-order chi connectivity index (χ1) is 14.7. The largest absolute Gasteiger partial charge is 0.390 e. The molecular weight excluding hydrogens is 436 g/mol. The maximum absolute atomic E-state index is 13.5. The smallest absolute Gasteiger partial charge is 0.244 e. The fourth-order valence-corrected chi connectivity index (χ4v) is 9.06. The van der Waals surface area contributed by atoms with Crippen molar-refractivity contribution in [3.8, 4) is 0 Å². The summed E-state index contributed by atoms with van der Waals surface area (Å²) in [5, 5.41) is 14.5. The van der Waals surface area contributed by atoms with Crippen LogP contribution >= 0.6 is 11.6 Å². The average molecular weight is 467 g/mol. The molecule has 6 nitrogen and oxygen atoms in total. The van der Waals surface area contributed by atoms with E-state index in [0.29, 0.717) is 41.3 Å². The van der Waals surface area contributed by atoms with Gasteiger partial charge in [-0.3, -0.25) is 4.79 Å². The van der Waals surface area contributed by atoms with Crippen LogP contribution in [0.3, 0.4) is 0 Å². The second kappa shape index (κ2) is 7.72. The number of amides is 1. The zero-order valence-electron chi connectivity index (χ0n) is 17.9. The van der Waals surface area contributed by atoms with E-state index < -0.39 is 21.7 Å². The number of sulfonamides is 1. The van der Waals surface area contributed by atoms with Crippen LogP contribution < -0.4 is 5.32 Å². The van der Waals surface area contributed by atoms with E-state index in [2.05, 4.69) is 5.32 Å². The first kappa shape index (κ1) is 21.7. The Morgan fingerprint density at radius 2 is 1.90 bits per heavy atom. The van der Waals surface area contributed by atoms with Gasteiger partial charge in [-0.2, -0.15) is 4.31 Å². The van der Waals surface area contributed by atoms with Gasteiger partial charge >= 0.3 is 0 Å². The van der Waals surface area contributed by atoms with Crippen molar-refractivity contribution >= 4 is 27.5 Å². The predicted molar refractivity (Wildman–Crippen MR) is 118 cm³/mol. The third-order valence-electron chi connectivity index (χ3n) is 8.11. The van der Waals surface area contributed by atoms with Crippen molar-refractivity contribution in [1.82, 2.24) is 9.62 Å². The highest BCUT2D eigenvalue weighted by molar-refractivity contribution is 7.89. The number of aliphatic hydroxyl groups is 1. The second-order valence-electron chi connectivity index (χ2n) is 10.2. The van der Waals surface area contributed by atoms with Gasteiger partial charge in [-0.1, -0.05) is 24.1 Å². The van der Waals surface area contributed by atoms with Crippen molar-refractivity contribution in [2.75, 3.05) is 6.54 Å². The standard InChI is InChI=1S/C23H31ClN2O4S/c1-14-18(24)5-4-7-20(14)31(29,30)26-8-3-2-6-19(26)22(27)25-21-16-9-15-10-17(21)13-23(28,11-15)12-16/h4-5,7,15-17,19,21,28H,2-3,6,8-13H2,1H3,(H,25,27)/t15?,16?,17?,19-,21?,23?/m1/s1. The quantitative estimate of drug-likeness (QED) is 0.713. The lowest BCUT2D eigenvalue weighted by molar-refractivity contribution is -0.148. The third kappa shape index (κ3) is 3.71. The number of hydrogen-bond acceptors (Lipinski definition) is 4. The van der Waals surface area contributed by atoms with Crippen molar-refractivity contribution in [3.63, 3.8) is 0 Å². The number of carbonyl (C=O) groups excluding carboxylic acids is 1. The molecule has 8 heteroatoms. The summed E-state index contributed by atoms with van der Waals surface area (Å²) in [4.78, 5) is 13.6. The van der Waals surface area contributed by atoms with Crippen LogP contribution in [-0.2, 0) is 14.8 Å². The predicted octanol–water partition coefficient (Wildman–Crippen LogP) is 3.25. The van der Waals surface area contributed by atoms with Crippen molar-refractivity contribution in [3.05, 3.63) is 28.8 Å². The van der Waals surface area contributed by atoms with Gasteiger partial charge in [-0.05, 0) is 87.3 Å². The Kier molecular flexibility index (Phi) is 5.40. The lowest BCUT2D eigenvalue weighted by Crippen LogP contribution is -2.63. The number of rotatable bonds is 4. The molecule has 1 amide bonds. The molecular formula is C23H31ClN2O4S. The van der Waals surface area contributed by atoms with Crippen molar-refractivity contribution in [1.29, 1.82) is 0 Å². The van der Waals surface area contributed by atoms with Crippen molar-refractivity contribution < 1.29 is 18.3 Å². The molecule has 1 aromatic rings. The summed E-state index contributed by atoms with van der Waals surface area (Å²) in [6.07, 6.45) is 6.60. The van der Waals surface area contributed by atoms with E-state index >= 15 is 0 Å². The van der Waals surface area contributed by atoms with Crippen LogP contribution in [0.5, 0.6) is 0 Å². The van der Waals surface area contributed by atoms with Gasteiger partial charge in [0.25, 0.3) is 0 Å². The molecule has 4 aliphatic carbocycles. The zero-order chi connectivity index (χ0) is 22.0. The van der Waals surface area contributed by atoms with E-state index in [1.165, 1.54) is 4.31 Å². The average Bonchev–Trinajstić information content (AvgIpc) is 2.71. The monoisotopic (exact) mass is 466 g/mol. The highest BCUT2D eigenvalue weighted by Crippen LogP contribution is 2.55. The van der Waals surface area contributed by atoms with E-state index in [1.807, 2.05) is 0 Å². The van der Waals surface area contributed by atoms with Crippen LogP contribution in [0.25, 0.3) is 0 Å². The molecule has 4 bridgehead atoms. The van der Waals surface area contributed by atoms with E-state index in [0.717, 1.165) is 44.9 Å². The molecule has 2 unspecified atom stereocenters. The second-order valence-corrected chi connectivity index (χ2v) is 12.5. The maximum atomic E-state index is 13.5. The fourth-order valence-electron chi connectivity index (χ4n) is 6.93. The minimum atomic E-state index is -3.83. The highest BCUT2D eigenvalue weighted by Gasteiger charge is 2.55. The molecule has 1 aliphatic heterocycles. The summed E-state index contributed by atoms with van der Waals surface area (Å²) in [7, 11) is -3.83. The number of halogens is 1. The van der Waals surface area contributed by atoms with E-state index in [-0.39, 0.29) is 16.8 Å². The first-order valence-electron chi connectivity index (χ1n) is 11.5. The zero-order valence-corrected chi connectivity index (χ0v) is 19.5. The van der Waals surface area contributed by atoms with Gasteiger partial charge in [0.2, 0.25) is 15.9 Å². The van der Waals surface area contributed by atoms with E-state index in [9.17, 15) is 18.3 Å². The molecule has 6 rings (SSSR count). The maximum Gasteiger partial charge on any atom is 0.244 e. The summed E-state index contributed by atoms with van der Waals surface area (Å²) >= 11 is 6.18. The summed E-state index contributed by atoms with van der Waals surface area (Å²) < 4.78 is 28.4. The van der Waals surface area contributed by atoms with Crippen LogP contribution in [0.1, 0.15) is 56.9 Å². The lowest BCUT2D eigenvalue weighted by Gasteiger charge is -2.58. The minimum absolute atomic E-state index is 0.0451. The normalized spacial score (nSPS) is 37.7. The molecule has 0 spiro atoms. The molecule has 0 radical (unpaired) electrons. The van der Waals surface area contributed by atoms with E-state index in [4.69, 9.17) is 11.6 Å². The summed E-state index contributed by atoms with van der Waals surface area (Å²) in [5.74, 6) is 0.966. The molecule has 4 saturated carbocycles. The fraction of sp³-hybridized carbons (Fsp3) is 0.696. The van der Waals surface area contributed by atoms with Crippen LogP contribution in [0.2, 0.25) is 5.02 Å². The lowest BCUT2D eigenvalue weighted by atomic mass is 9.52. The van der Waals surface area contributed by atoms with Gasteiger partial charge in [-0.15, -0.1) is 0 Å².